The first kappa shape index (κ1) is 28.2. The molecule has 2 aromatic rings. The van der Waals surface area contributed by atoms with Crippen LogP contribution in [0.3, 0.4) is 0 Å². The van der Waals surface area contributed by atoms with Crippen LogP contribution in [0, 0.1) is 11.8 Å². The summed E-state index contributed by atoms with van der Waals surface area (Å²) in [5, 5.41) is 2.93. The maximum absolute atomic E-state index is 13.2. The number of nitrogens with one attached hydrogen (secondary N) is 1. The second-order valence-corrected chi connectivity index (χ2v) is 12.0. The Balaban J connectivity index is 1.55. The van der Waals surface area contributed by atoms with Gasteiger partial charge in [0.25, 0.3) is 5.91 Å². The molecule has 2 heterocycles. The van der Waals surface area contributed by atoms with Crippen LogP contribution < -0.4 is 19.7 Å². The van der Waals surface area contributed by atoms with Crippen molar-refractivity contribution in [2.24, 2.45) is 11.8 Å². The molecule has 0 unspecified atom stereocenters. The third-order valence-corrected chi connectivity index (χ3v) is 8.70. The van der Waals surface area contributed by atoms with E-state index in [4.69, 9.17) is 14.2 Å². The van der Waals surface area contributed by atoms with Gasteiger partial charge in [-0.25, -0.2) is 8.42 Å². The Bertz CT molecular complexity index is 1200. The molecule has 2 aliphatic heterocycles. The highest BCUT2D eigenvalue weighted by molar-refractivity contribution is 7.89. The summed E-state index contributed by atoms with van der Waals surface area (Å²) in [4.78, 5) is 15.6. The van der Waals surface area contributed by atoms with Crippen molar-refractivity contribution in [3.05, 3.63) is 42.0 Å². The number of piperidine rings is 1. The summed E-state index contributed by atoms with van der Waals surface area (Å²) in [7, 11) is -3.62. The molecule has 4 rings (SSSR count). The van der Waals surface area contributed by atoms with Crippen molar-refractivity contribution in [1.82, 2.24) is 4.31 Å². The fraction of sp³-hybridized carbons (Fsp3) is 0.536. The monoisotopic (exact) mass is 545 g/mol. The lowest BCUT2D eigenvalue weighted by atomic mass is 9.94. The zero-order valence-corrected chi connectivity index (χ0v) is 23.6. The Morgan fingerprint density at radius 2 is 1.58 bits per heavy atom. The molecule has 0 aromatic heterocycles. The normalized spacial score (nSPS) is 20.7. The molecule has 9 nitrogen and oxygen atoms in total. The van der Waals surface area contributed by atoms with Gasteiger partial charge in [-0.1, -0.05) is 13.8 Å². The van der Waals surface area contributed by atoms with Crippen molar-refractivity contribution in [2.45, 2.75) is 39.0 Å². The molecule has 0 bridgehead atoms. The highest BCUT2D eigenvalue weighted by atomic mass is 32.2. The molecule has 10 heteroatoms. The van der Waals surface area contributed by atoms with E-state index in [1.165, 1.54) is 12.1 Å². The van der Waals surface area contributed by atoms with Crippen LogP contribution in [-0.4, -0.2) is 71.2 Å². The number of benzene rings is 2. The van der Waals surface area contributed by atoms with Gasteiger partial charge in [0.05, 0.1) is 42.7 Å². The topological polar surface area (TPSA) is 97.4 Å². The van der Waals surface area contributed by atoms with Crippen molar-refractivity contribution >= 4 is 27.3 Å². The molecule has 2 atom stereocenters. The lowest BCUT2D eigenvalue weighted by Gasteiger charge is -2.34. The Labute approximate surface area is 226 Å². The first-order valence-corrected chi connectivity index (χ1v) is 14.8. The minimum Gasteiger partial charge on any atom is -0.492 e. The van der Waals surface area contributed by atoms with Crippen LogP contribution in [0.15, 0.2) is 41.3 Å². The van der Waals surface area contributed by atoms with E-state index in [0.29, 0.717) is 74.1 Å². The zero-order chi connectivity index (χ0) is 27.3. The Morgan fingerprint density at radius 1 is 0.974 bits per heavy atom. The summed E-state index contributed by atoms with van der Waals surface area (Å²) in [6.07, 6.45) is 1.02. The summed E-state index contributed by atoms with van der Waals surface area (Å²) >= 11 is 0. The minimum atomic E-state index is -3.62. The summed E-state index contributed by atoms with van der Waals surface area (Å²) < 4.78 is 45.3. The predicted octanol–water partition coefficient (Wildman–Crippen LogP) is 4.24. The van der Waals surface area contributed by atoms with Gasteiger partial charge in [0, 0.05) is 43.9 Å². The number of carbonyl (C=O) groups is 1. The van der Waals surface area contributed by atoms with Crippen LogP contribution in [0.4, 0.5) is 11.4 Å². The van der Waals surface area contributed by atoms with Gasteiger partial charge >= 0.3 is 0 Å². The van der Waals surface area contributed by atoms with Crippen LogP contribution in [-0.2, 0) is 14.8 Å². The summed E-state index contributed by atoms with van der Waals surface area (Å²) in [5.41, 5.74) is 1.74. The molecule has 0 saturated carbocycles. The second-order valence-electron chi connectivity index (χ2n) is 10.0. The zero-order valence-electron chi connectivity index (χ0n) is 22.7. The molecule has 2 saturated heterocycles. The van der Waals surface area contributed by atoms with E-state index in [9.17, 15) is 13.2 Å². The molecule has 0 radical (unpaired) electrons. The van der Waals surface area contributed by atoms with Gasteiger partial charge in [0.2, 0.25) is 10.0 Å². The number of anilines is 2. The number of hydrogen-bond donors (Lipinski definition) is 1. The first-order valence-electron chi connectivity index (χ1n) is 13.4. The number of carbonyl (C=O) groups excluding carboxylic acids is 1. The molecular formula is C28H39N3O6S. The largest absolute Gasteiger partial charge is 0.492 e. The molecule has 2 fully saturated rings. The molecule has 0 spiro atoms. The summed E-state index contributed by atoms with van der Waals surface area (Å²) in [5.74, 6) is 1.46. The number of hydrogen-bond acceptors (Lipinski definition) is 7. The number of sulfonamides is 1. The first-order chi connectivity index (χ1) is 18.2. The van der Waals surface area contributed by atoms with E-state index in [0.717, 1.165) is 25.2 Å². The smallest absolute Gasteiger partial charge is 0.255 e. The molecule has 38 heavy (non-hydrogen) atoms. The summed E-state index contributed by atoms with van der Waals surface area (Å²) in [6.45, 7) is 12.6. The number of amides is 1. The van der Waals surface area contributed by atoms with Crippen molar-refractivity contribution in [3.8, 4) is 11.5 Å². The van der Waals surface area contributed by atoms with Gasteiger partial charge in [0.1, 0.15) is 11.5 Å². The van der Waals surface area contributed by atoms with Crippen molar-refractivity contribution < 1.29 is 27.4 Å². The number of morpholine rings is 1. The van der Waals surface area contributed by atoms with E-state index >= 15 is 0 Å². The Hall–Kier alpha value is -2.82. The molecule has 0 aliphatic carbocycles. The van der Waals surface area contributed by atoms with E-state index in [2.05, 4.69) is 24.1 Å². The van der Waals surface area contributed by atoms with Crippen molar-refractivity contribution in [3.63, 3.8) is 0 Å². The third kappa shape index (κ3) is 6.42. The standard InChI is InChI=1S/C28H39N3O6S/c1-5-36-26-17-25(30-11-13-35-14-12-30)27(37-6-2)16-24(26)29-28(32)22-7-9-23(10-8-22)38(33,34)31-18-20(3)15-21(4)19-31/h7-10,16-17,20-21H,5-6,11-15,18-19H2,1-4H3,(H,29,32)/t20-,21-/m0/s1. The molecule has 2 aromatic carbocycles. The van der Waals surface area contributed by atoms with Gasteiger partial charge in [0.15, 0.2) is 0 Å². The average molecular weight is 546 g/mol. The predicted molar refractivity (Wildman–Crippen MR) is 148 cm³/mol. The maximum Gasteiger partial charge on any atom is 0.255 e. The average Bonchev–Trinajstić information content (AvgIpc) is 2.90. The van der Waals surface area contributed by atoms with E-state index in [1.54, 1.807) is 22.5 Å². The number of rotatable bonds is 9. The fourth-order valence-electron chi connectivity index (χ4n) is 5.17. The van der Waals surface area contributed by atoms with Crippen molar-refractivity contribution in [2.75, 3.05) is 62.8 Å². The van der Waals surface area contributed by atoms with Crippen LogP contribution in [0.2, 0.25) is 0 Å². The highest BCUT2D eigenvalue weighted by Crippen LogP contribution is 2.39. The fourth-order valence-corrected chi connectivity index (χ4v) is 6.85. The van der Waals surface area contributed by atoms with Gasteiger partial charge in [-0.15, -0.1) is 0 Å². The minimum absolute atomic E-state index is 0.193. The van der Waals surface area contributed by atoms with Crippen molar-refractivity contribution in [1.29, 1.82) is 0 Å². The van der Waals surface area contributed by atoms with Crippen LogP contribution in [0.5, 0.6) is 11.5 Å². The van der Waals surface area contributed by atoms with Crippen LogP contribution in [0.25, 0.3) is 0 Å². The SMILES string of the molecule is CCOc1cc(N2CCOCC2)c(OCC)cc1NC(=O)c1ccc(S(=O)(=O)N2C[C@@H](C)C[C@H](C)C2)cc1. The number of ether oxygens (including phenoxy) is 3. The van der Waals surface area contributed by atoms with Gasteiger partial charge in [-0.3, -0.25) is 4.79 Å². The van der Waals surface area contributed by atoms with E-state index < -0.39 is 10.0 Å². The van der Waals surface area contributed by atoms with Crippen LogP contribution >= 0.6 is 0 Å². The Morgan fingerprint density at radius 3 is 2.18 bits per heavy atom. The number of nitrogens with zero attached hydrogens (tertiary/aromatic N) is 2. The second kappa shape index (κ2) is 12.4. The Kier molecular flexibility index (Phi) is 9.17. The molecule has 1 N–H and O–H groups in total. The van der Waals surface area contributed by atoms with Gasteiger partial charge < -0.3 is 24.4 Å². The molecular weight excluding hydrogens is 506 g/mol. The van der Waals surface area contributed by atoms with E-state index in [1.807, 2.05) is 19.9 Å². The summed E-state index contributed by atoms with van der Waals surface area (Å²) in [6, 6.07) is 9.78. The lowest BCUT2D eigenvalue weighted by Crippen LogP contribution is -2.42. The molecule has 2 aliphatic rings. The quantitative estimate of drug-likeness (QED) is 0.503. The third-order valence-electron chi connectivity index (χ3n) is 6.85. The lowest BCUT2D eigenvalue weighted by molar-refractivity contribution is 0.102. The van der Waals surface area contributed by atoms with Gasteiger partial charge in [-0.05, 0) is 56.4 Å². The molecule has 1 amide bonds. The molecule has 208 valence electrons. The van der Waals surface area contributed by atoms with E-state index in [-0.39, 0.29) is 10.8 Å². The highest BCUT2D eigenvalue weighted by Gasteiger charge is 2.31. The van der Waals surface area contributed by atoms with Crippen LogP contribution in [0.1, 0.15) is 44.5 Å². The van der Waals surface area contributed by atoms with Gasteiger partial charge in [-0.2, -0.15) is 4.31 Å². The maximum atomic E-state index is 13.2.